The molecular formula is C14H11BrClFO2. The second kappa shape index (κ2) is 6.78. The molecule has 19 heavy (non-hydrogen) atoms. The molecule has 0 saturated carbocycles. The molecule has 0 radical (unpaired) electrons. The van der Waals surface area contributed by atoms with E-state index in [1.807, 2.05) is 30.3 Å². The zero-order valence-corrected chi connectivity index (χ0v) is 12.2. The highest BCUT2D eigenvalue weighted by Gasteiger charge is 2.15. The molecule has 2 rings (SSSR count). The number of alkyl halides is 1. The van der Waals surface area contributed by atoms with Crippen molar-refractivity contribution in [1.29, 1.82) is 0 Å². The lowest BCUT2D eigenvalue weighted by Crippen LogP contribution is -1.98. The predicted molar refractivity (Wildman–Crippen MR) is 76.6 cm³/mol. The van der Waals surface area contributed by atoms with Crippen LogP contribution >= 0.6 is 27.5 Å². The fourth-order valence-corrected chi connectivity index (χ4v) is 2.57. The highest BCUT2D eigenvalue weighted by atomic mass is 79.9. The molecule has 100 valence electrons. The molecule has 2 aromatic carbocycles. The van der Waals surface area contributed by atoms with Gasteiger partial charge in [0.1, 0.15) is 6.61 Å². The van der Waals surface area contributed by atoms with E-state index in [1.165, 1.54) is 0 Å². The highest BCUT2D eigenvalue weighted by molar-refractivity contribution is 9.08. The van der Waals surface area contributed by atoms with E-state index < -0.39 is 0 Å². The molecule has 2 aromatic rings. The second-order valence-electron chi connectivity index (χ2n) is 3.84. The van der Waals surface area contributed by atoms with Gasteiger partial charge in [-0.15, -0.1) is 0 Å². The van der Waals surface area contributed by atoms with Gasteiger partial charge in [0.25, 0.3) is 0 Å². The lowest BCUT2D eigenvalue weighted by Gasteiger charge is -2.12. The summed E-state index contributed by atoms with van der Waals surface area (Å²) in [7, 11) is 0. The molecule has 0 atom stereocenters. The Kier molecular flexibility index (Phi) is 5.05. The van der Waals surface area contributed by atoms with Gasteiger partial charge in [0.05, 0.1) is 0 Å². The molecule has 0 aliphatic heterocycles. The van der Waals surface area contributed by atoms with Crippen LogP contribution in [0, 0.1) is 0 Å². The molecular weight excluding hydrogens is 335 g/mol. The lowest BCUT2D eigenvalue weighted by atomic mass is 10.2. The first-order chi connectivity index (χ1) is 9.26. The van der Waals surface area contributed by atoms with Gasteiger partial charge in [-0.05, 0) is 17.7 Å². The number of hydrogen-bond donors (Lipinski definition) is 0. The van der Waals surface area contributed by atoms with Gasteiger partial charge in [-0.25, -0.2) is 0 Å². The third kappa shape index (κ3) is 3.39. The lowest BCUT2D eigenvalue weighted by molar-refractivity contribution is -0.0107. The summed E-state index contributed by atoms with van der Waals surface area (Å²) in [6, 6.07) is 12.8. The number of rotatable bonds is 5. The molecule has 0 aliphatic rings. The van der Waals surface area contributed by atoms with Gasteiger partial charge in [-0.1, -0.05) is 57.9 Å². The molecule has 0 saturated heterocycles. The minimum Gasteiger partial charge on any atom is -0.485 e. The van der Waals surface area contributed by atoms with Crippen LogP contribution in [-0.2, 0) is 11.9 Å². The largest absolute Gasteiger partial charge is 0.485 e. The average Bonchev–Trinajstić information content (AvgIpc) is 2.46. The van der Waals surface area contributed by atoms with E-state index in [4.69, 9.17) is 16.3 Å². The van der Waals surface area contributed by atoms with Crippen molar-refractivity contribution in [2.75, 3.05) is 0 Å². The van der Waals surface area contributed by atoms with Crippen LogP contribution in [0.2, 0.25) is 5.02 Å². The van der Waals surface area contributed by atoms with Crippen molar-refractivity contribution in [3.05, 3.63) is 58.6 Å². The molecule has 5 heteroatoms. The van der Waals surface area contributed by atoms with Crippen LogP contribution in [0.15, 0.2) is 42.5 Å². The van der Waals surface area contributed by atoms with Gasteiger partial charge in [-0.2, -0.15) is 0 Å². The van der Waals surface area contributed by atoms with E-state index in [1.54, 1.807) is 12.1 Å². The molecule has 0 fully saturated rings. The van der Waals surface area contributed by atoms with E-state index in [9.17, 15) is 4.53 Å². The zero-order valence-electron chi connectivity index (χ0n) is 9.91. The van der Waals surface area contributed by atoms with Crippen LogP contribution in [0.4, 0.5) is 4.53 Å². The Hall–Kier alpha value is -1.26. The fourth-order valence-electron chi connectivity index (χ4n) is 1.64. The first-order valence-electron chi connectivity index (χ1n) is 5.59. The van der Waals surface area contributed by atoms with Crippen molar-refractivity contribution in [2.45, 2.75) is 11.9 Å². The zero-order chi connectivity index (χ0) is 13.7. The quantitative estimate of drug-likeness (QED) is 0.704. The monoisotopic (exact) mass is 344 g/mol. The summed E-state index contributed by atoms with van der Waals surface area (Å²) in [5.74, 6) is 0.338. The van der Waals surface area contributed by atoms with Gasteiger partial charge in [-0.3, -0.25) is 4.94 Å². The van der Waals surface area contributed by atoms with Crippen molar-refractivity contribution >= 4 is 27.5 Å². The molecule has 2 nitrogen and oxygen atoms in total. The van der Waals surface area contributed by atoms with E-state index in [0.29, 0.717) is 28.3 Å². The van der Waals surface area contributed by atoms with Crippen LogP contribution in [0.3, 0.4) is 0 Å². The Morgan fingerprint density at radius 2 is 1.84 bits per heavy atom. The fraction of sp³-hybridized carbons (Fsp3) is 0.143. The Bertz CT molecular complexity index is 549. The summed E-state index contributed by atoms with van der Waals surface area (Å²) in [6.07, 6.45) is 0. The molecule has 0 heterocycles. The molecule has 0 amide bonds. The Labute approximate surface area is 124 Å². The standard InChI is InChI=1S/C14H11BrClFO2/c15-8-11-12(16)6-7-13(14(11)19-17)18-9-10-4-2-1-3-5-10/h1-7H,8-9H2. The van der Waals surface area contributed by atoms with Gasteiger partial charge >= 0.3 is 0 Å². The summed E-state index contributed by atoms with van der Waals surface area (Å²) in [4.78, 5) is 3.90. The first-order valence-corrected chi connectivity index (χ1v) is 7.09. The van der Waals surface area contributed by atoms with Crippen molar-refractivity contribution in [3.63, 3.8) is 0 Å². The maximum absolute atomic E-state index is 12.7. The molecule has 0 bridgehead atoms. The van der Waals surface area contributed by atoms with Crippen LogP contribution in [-0.4, -0.2) is 0 Å². The van der Waals surface area contributed by atoms with E-state index in [2.05, 4.69) is 20.9 Å². The SMILES string of the molecule is FOc1c(OCc2ccccc2)ccc(Cl)c1CBr. The van der Waals surface area contributed by atoms with Gasteiger partial charge in [0.15, 0.2) is 5.75 Å². The van der Waals surface area contributed by atoms with E-state index in [-0.39, 0.29) is 5.75 Å². The summed E-state index contributed by atoms with van der Waals surface area (Å²) in [6.45, 7) is 0.334. The molecule has 0 spiro atoms. The summed E-state index contributed by atoms with van der Waals surface area (Å²) < 4.78 is 18.2. The Morgan fingerprint density at radius 3 is 2.47 bits per heavy atom. The van der Waals surface area contributed by atoms with Crippen molar-refractivity contribution in [1.82, 2.24) is 0 Å². The van der Waals surface area contributed by atoms with Crippen LogP contribution in [0.5, 0.6) is 11.5 Å². The van der Waals surface area contributed by atoms with Crippen molar-refractivity contribution < 1.29 is 14.2 Å². The maximum atomic E-state index is 12.7. The number of hydrogen-bond acceptors (Lipinski definition) is 2. The van der Waals surface area contributed by atoms with Crippen molar-refractivity contribution in [3.8, 4) is 11.5 Å². The number of ether oxygens (including phenoxy) is 1. The van der Waals surface area contributed by atoms with Gasteiger partial charge in [0.2, 0.25) is 5.75 Å². The topological polar surface area (TPSA) is 18.5 Å². The highest BCUT2D eigenvalue weighted by Crippen LogP contribution is 2.38. The normalized spacial score (nSPS) is 10.3. The summed E-state index contributed by atoms with van der Waals surface area (Å²) >= 11 is 9.21. The Balaban J connectivity index is 2.21. The third-order valence-electron chi connectivity index (χ3n) is 2.62. The molecule has 0 aromatic heterocycles. The summed E-state index contributed by atoms with van der Waals surface area (Å²) in [5.41, 5.74) is 1.51. The van der Waals surface area contributed by atoms with E-state index in [0.717, 1.165) is 5.56 Å². The molecule has 0 unspecified atom stereocenters. The second-order valence-corrected chi connectivity index (χ2v) is 4.81. The Morgan fingerprint density at radius 1 is 1.11 bits per heavy atom. The van der Waals surface area contributed by atoms with E-state index >= 15 is 0 Å². The minimum absolute atomic E-state index is 0.0142. The van der Waals surface area contributed by atoms with Gasteiger partial charge in [0, 0.05) is 20.4 Å². The first kappa shape index (κ1) is 14.2. The molecule has 0 N–H and O–H groups in total. The molecule has 0 aliphatic carbocycles. The number of halogens is 3. The van der Waals surface area contributed by atoms with Crippen LogP contribution in [0.25, 0.3) is 0 Å². The van der Waals surface area contributed by atoms with Gasteiger partial charge < -0.3 is 4.74 Å². The smallest absolute Gasteiger partial charge is 0.219 e. The maximum Gasteiger partial charge on any atom is 0.219 e. The summed E-state index contributed by atoms with van der Waals surface area (Å²) in [5, 5.41) is 0.810. The predicted octanol–water partition coefficient (Wildman–Crippen LogP) is 5.08. The minimum atomic E-state index is 0.0142. The third-order valence-corrected chi connectivity index (χ3v) is 3.53. The van der Waals surface area contributed by atoms with Crippen LogP contribution in [0.1, 0.15) is 11.1 Å². The van der Waals surface area contributed by atoms with Crippen LogP contribution < -0.4 is 9.68 Å². The van der Waals surface area contributed by atoms with Crippen molar-refractivity contribution in [2.24, 2.45) is 0 Å². The number of benzene rings is 2. The average molecular weight is 346 g/mol.